The van der Waals surface area contributed by atoms with Crippen LogP contribution >= 0.6 is 0 Å². The van der Waals surface area contributed by atoms with Crippen LogP contribution in [0.2, 0.25) is 0 Å². The number of hydrogen-bond donors (Lipinski definition) is 1. The van der Waals surface area contributed by atoms with Gasteiger partial charge in [-0.15, -0.1) is 5.10 Å². The third kappa shape index (κ3) is 3.07. The average Bonchev–Trinajstić information content (AvgIpc) is 3.04. The van der Waals surface area contributed by atoms with E-state index in [0.717, 1.165) is 11.3 Å². The molecule has 1 N–H and O–H groups in total. The van der Waals surface area contributed by atoms with Crippen molar-refractivity contribution < 1.29 is 19.4 Å². The monoisotopic (exact) mass is 316 g/mol. The quantitative estimate of drug-likeness (QED) is 0.885. The number of nitrogens with zero attached hydrogens (tertiary/aromatic N) is 4. The zero-order chi connectivity index (χ0) is 16.4. The van der Waals surface area contributed by atoms with Crippen LogP contribution in [-0.4, -0.2) is 62.7 Å². The second-order valence-corrected chi connectivity index (χ2v) is 5.31. The smallest absolute Gasteiger partial charge is 0.328 e. The number of hydrogen-bond acceptors (Lipinski definition) is 5. The molecule has 1 amide bonds. The molecule has 3 rings (SSSR count). The van der Waals surface area contributed by atoms with Crippen molar-refractivity contribution >= 4 is 11.9 Å². The summed E-state index contributed by atoms with van der Waals surface area (Å²) in [6, 6.07) is 6.61. The molecule has 0 radical (unpaired) electrons. The lowest BCUT2D eigenvalue weighted by Crippen LogP contribution is -2.52. The Bertz CT molecular complexity index is 743. The Hall–Kier alpha value is -2.74. The van der Waals surface area contributed by atoms with Gasteiger partial charge in [0.1, 0.15) is 0 Å². The lowest BCUT2D eigenvalue weighted by molar-refractivity contribution is -0.147. The van der Waals surface area contributed by atoms with Gasteiger partial charge in [0.05, 0.1) is 25.1 Å². The number of carboxylic acids is 1. The van der Waals surface area contributed by atoms with Gasteiger partial charge < -0.3 is 14.7 Å². The molecule has 1 aliphatic heterocycles. The van der Waals surface area contributed by atoms with Gasteiger partial charge in [0.2, 0.25) is 0 Å². The molecule has 23 heavy (non-hydrogen) atoms. The van der Waals surface area contributed by atoms with Gasteiger partial charge in [-0.1, -0.05) is 17.3 Å². The average molecular weight is 316 g/mol. The van der Waals surface area contributed by atoms with Gasteiger partial charge in [-0.05, 0) is 24.6 Å². The van der Waals surface area contributed by atoms with E-state index in [1.54, 1.807) is 0 Å². The molecule has 0 aliphatic carbocycles. The second-order valence-electron chi connectivity index (χ2n) is 5.31. The van der Waals surface area contributed by atoms with Crippen LogP contribution in [0.1, 0.15) is 16.1 Å². The van der Waals surface area contributed by atoms with Gasteiger partial charge in [-0.2, -0.15) is 0 Å². The number of benzene rings is 1. The zero-order valence-corrected chi connectivity index (χ0v) is 12.5. The van der Waals surface area contributed by atoms with E-state index in [0.29, 0.717) is 6.61 Å². The summed E-state index contributed by atoms with van der Waals surface area (Å²) in [5, 5.41) is 17.0. The lowest BCUT2D eigenvalue weighted by Gasteiger charge is -2.32. The van der Waals surface area contributed by atoms with Crippen molar-refractivity contribution in [3.8, 4) is 5.69 Å². The van der Waals surface area contributed by atoms with Crippen LogP contribution in [-0.2, 0) is 9.53 Å². The Morgan fingerprint density at radius 3 is 2.96 bits per heavy atom. The van der Waals surface area contributed by atoms with Crippen LogP contribution < -0.4 is 0 Å². The number of carboxylic acid groups (broad SMARTS) is 1. The molecule has 120 valence electrons. The maximum absolute atomic E-state index is 12.5. The first-order valence-corrected chi connectivity index (χ1v) is 7.17. The van der Waals surface area contributed by atoms with Crippen LogP contribution in [0.4, 0.5) is 0 Å². The Morgan fingerprint density at radius 2 is 2.22 bits per heavy atom. The highest BCUT2D eigenvalue weighted by Crippen LogP contribution is 2.14. The number of rotatable bonds is 3. The summed E-state index contributed by atoms with van der Waals surface area (Å²) in [5.74, 6) is -1.55. The minimum Gasteiger partial charge on any atom is -0.480 e. The SMILES string of the molecule is Cc1cccc(-n2cc(C(=O)N3CCOC[C@@H]3C(=O)O)nn2)c1. The highest BCUT2D eigenvalue weighted by Gasteiger charge is 2.34. The summed E-state index contributed by atoms with van der Waals surface area (Å²) >= 11 is 0. The summed E-state index contributed by atoms with van der Waals surface area (Å²) in [5.41, 5.74) is 1.96. The predicted molar refractivity (Wildman–Crippen MR) is 79.4 cm³/mol. The first-order valence-electron chi connectivity index (χ1n) is 7.17. The zero-order valence-electron chi connectivity index (χ0n) is 12.5. The van der Waals surface area contributed by atoms with Crippen molar-refractivity contribution in [2.24, 2.45) is 0 Å². The van der Waals surface area contributed by atoms with Gasteiger partial charge in [0, 0.05) is 6.54 Å². The summed E-state index contributed by atoms with van der Waals surface area (Å²) < 4.78 is 6.63. The van der Waals surface area contributed by atoms with E-state index >= 15 is 0 Å². The topological polar surface area (TPSA) is 97.5 Å². The summed E-state index contributed by atoms with van der Waals surface area (Å²) in [4.78, 5) is 25.0. The van der Waals surface area contributed by atoms with Crippen molar-refractivity contribution in [3.05, 3.63) is 41.7 Å². The first kappa shape index (κ1) is 15.2. The molecule has 2 heterocycles. The second kappa shape index (κ2) is 6.17. The number of aromatic nitrogens is 3. The minimum atomic E-state index is -1.09. The molecule has 1 atom stereocenters. The van der Waals surface area contributed by atoms with E-state index < -0.39 is 17.9 Å². The number of carbonyl (C=O) groups excluding carboxylic acids is 1. The molecule has 2 aromatic rings. The van der Waals surface area contributed by atoms with Crippen LogP contribution in [0.3, 0.4) is 0 Å². The third-order valence-corrected chi connectivity index (χ3v) is 3.65. The summed E-state index contributed by atoms with van der Waals surface area (Å²) in [6.07, 6.45) is 1.51. The Balaban J connectivity index is 1.84. The van der Waals surface area contributed by atoms with E-state index in [4.69, 9.17) is 4.74 Å². The van der Waals surface area contributed by atoms with Crippen molar-refractivity contribution in [3.63, 3.8) is 0 Å². The van der Waals surface area contributed by atoms with E-state index in [2.05, 4.69) is 10.3 Å². The predicted octanol–water partition coefficient (Wildman–Crippen LogP) is 0.501. The van der Waals surface area contributed by atoms with Gasteiger partial charge in [0.25, 0.3) is 5.91 Å². The van der Waals surface area contributed by atoms with E-state index in [1.807, 2.05) is 31.2 Å². The summed E-state index contributed by atoms with van der Waals surface area (Å²) in [6.45, 7) is 2.46. The highest BCUT2D eigenvalue weighted by molar-refractivity contribution is 5.95. The molecule has 1 saturated heterocycles. The number of aliphatic carboxylic acids is 1. The Kier molecular flexibility index (Phi) is 4.07. The van der Waals surface area contributed by atoms with Crippen LogP contribution in [0.25, 0.3) is 5.69 Å². The molecule has 1 aromatic heterocycles. The number of amides is 1. The van der Waals surface area contributed by atoms with Gasteiger partial charge in [0.15, 0.2) is 11.7 Å². The molecule has 0 saturated carbocycles. The fraction of sp³-hybridized carbons (Fsp3) is 0.333. The van der Waals surface area contributed by atoms with Crippen molar-refractivity contribution in [1.82, 2.24) is 19.9 Å². The number of aryl methyl sites for hydroxylation is 1. The molecular formula is C15H16N4O4. The van der Waals surface area contributed by atoms with Gasteiger partial charge in [-0.25, -0.2) is 9.48 Å². The Morgan fingerprint density at radius 1 is 1.39 bits per heavy atom. The minimum absolute atomic E-state index is 0.0207. The maximum Gasteiger partial charge on any atom is 0.328 e. The highest BCUT2D eigenvalue weighted by atomic mass is 16.5. The van der Waals surface area contributed by atoms with E-state index in [-0.39, 0.29) is 18.8 Å². The van der Waals surface area contributed by atoms with Crippen molar-refractivity contribution in [1.29, 1.82) is 0 Å². The largest absolute Gasteiger partial charge is 0.480 e. The number of morpholine rings is 1. The molecule has 0 spiro atoms. The molecule has 1 aliphatic rings. The summed E-state index contributed by atoms with van der Waals surface area (Å²) in [7, 11) is 0. The van der Waals surface area contributed by atoms with E-state index in [9.17, 15) is 14.7 Å². The molecule has 8 nitrogen and oxygen atoms in total. The van der Waals surface area contributed by atoms with Crippen molar-refractivity contribution in [2.45, 2.75) is 13.0 Å². The fourth-order valence-electron chi connectivity index (χ4n) is 2.46. The van der Waals surface area contributed by atoms with E-state index in [1.165, 1.54) is 15.8 Å². The maximum atomic E-state index is 12.5. The third-order valence-electron chi connectivity index (χ3n) is 3.65. The lowest BCUT2D eigenvalue weighted by atomic mass is 10.2. The van der Waals surface area contributed by atoms with Crippen LogP contribution in [0, 0.1) is 6.92 Å². The normalized spacial score (nSPS) is 18.0. The Labute approximate surface area is 132 Å². The number of carbonyl (C=O) groups is 2. The molecule has 0 bridgehead atoms. The van der Waals surface area contributed by atoms with Gasteiger partial charge >= 0.3 is 5.97 Å². The molecule has 0 unspecified atom stereocenters. The molecular weight excluding hydrogens is 300 g/mol. The van der Waals surface area contributed by atoms with Crippen LogP contribution in [0.15, 0.2) is 30.5 Å². The number of ether oxygens (including phenoxy) is 1. The molecule has 1 fully saturated rings. The fourth-order valence-corrected chi connectivity index (χ4v) is 2.46. The van der Waals surface area contributed by atoms with Crippen molar-refractivity contribution in [2.75, 3.05) is 19.8 Å². The standard InChI is InChI=1S/C15H16N4O4/c1-10-3-2-4-11(7-10)19-8-12(16-17-19)14(20)18-5-6-23-9-13(18)15(21)22/h2-4,7-8,13H,5-6,9H2,1H3,(H,21,22)/t13-/m1/s1. The van der Waals surface area contributed by atoms with Crippen LogP contribution in [0.5, 0.6) is 0 Å². The first-order chi connectivity index (χ1) is 11.1. The molecule has 8 heteroatoms. The molecule has 1 aromatic carbocycles. The van der Waals surface area contributed by atoms with Gasteiger partial charge in [-0.3, -0.25) is 4.79 Å².